The number of benzene rings is 2. The zero-order valence-corrected chi connectivity index (χ0v) is 14.8. The molecular formula is C20H21F3N4. The predicted molar refractivity (Wildman–Crippen MR) is 99.5 cm³/mol. The van der Waals surface area contributed by atoms with E-state index in [0.717, 1.165) is 48.6 Å². The number of halogens is 3. The molecular weight excluding hydrogens is 353 g/mol. The molecule has 4 rings (SSSR count). The fourth-order valence-corrected chi connectivity index (χ4v) is 3.69. The molecule has 2 N–H and O–H groups in total. The summed E-state index contributed by atoms with van der Waals surface area (Å²) in [5.74, 6) is 0. The largest absolute Gasteiger partial charge is 0.416 e. The zero-order valence-electron chi connectivity index (χ0n) is 14.8. The van der Waals surface area contributed by atoms with Crippen LogP contribution in [0, 0.1) is 0 Å². The van der Waals surface area contributed by atoms with E-state index in [1.807, 2.05) is 12.1 Å². The first-order valence-corrected chi connectivity index (χ1v) is 9.05. The van der Waals surface area contributed by atoms with Gasteiger partial charge in [-0.15, -0.1) is 0 Å². The Labute approximate surface area is 155 Å². The molecule has 4 nitrogen and oxygen atoms in total. The lowest BCUT2D eigenvalue weighted by molar-refractivity contribution is -0.137. The maximum absolute atomic E-state index is 12.9. The van der Waals surface area contributed by atoms with E-state index in [-0.39, 0.29) is 6.04 Å². The summed E-state index contributed by atoms with van der Waals surface area (Å²) < 4.78 is 38.7. The van der Waals surface area contributed by atoms with Crippen molar-refractivity contribution >= 4 is 16.6 Å². The maximum Gasteiger partial charge on any atom is 0.416 e. The molecule has 2 aromatic carbocycles. The van der Waals surface area contributed by atoms with Gasteiger partial charge in [0.05, 0.1) is 17.3 Å². The summed E-state index contributed by atoms with van der Waals surface area (Å²) in [6, 6.07) is 12.0. The van der Waals surface area contributed by atoms with Crippen LogP contribution in [0.4, 0.5) is 18.9 Å². The van der Waals surface area contributed by atoms with Crippen molar-refractivity contribution in [2.45, 2.75) is 31.6 Å². The van der Waals surface area contributed by atoms with Crippen LogP contribution < -0.4 is 5.32 Å². The molecule has 1 fully saturated rings. The zero-order chi connectivity index (χ0) is 18.9. The van der Waals surface area contributed by atoms with E-state index >= 15 is 0 Å². The minimum Gasteiger partial charge on any atom is -0.381 e. The van der Waals surface area contributed by atoms with Gasteiger partial charge in [-0.3, -0.25) is 10.00 Å². The molecule has 27 heavy (non-hydrogen) atoms. The van der Waals surface area contributed by atoms with Crippen molar-refractivity contribution < 1.29 is 13.2 Å². The Morgan fingerprint density at radius 3 is 2.93 bits per heavy atom. The summed E-state index contributed by atoms with van der Waals surface area (Å²) in [6.45, 7) is 2.23. The van der Waals surface area contributed by atoms with E-state index in [9.17, 15) is 13.2 Å². The normalized spacial score (nSPS) is 18.7. The van der Waals surface area contributed by atoms with Gasteiger partial charge in [-0.1, -0.05) is 18.2 Å². The van der Waals surface area contributed by atoms with Gasteiger partial charge in [0, 0.05) is 30.2 Å². The molecule has 0 bridgehead atoms. The summed E-state index contributed by atoms with van der Waals surface area (Å²) in [5, 5.41) is 11.6. The van der Waals surface area contributed by atoms with E-state index < -0.39 is 11.7 Å². The molecule has 1 atom stereocenters. The lowest BCUT2D eigenvalue weighted by Gasteiger charge is -2.33. The number of hydrogen-bond acceptors (Lipinski definition) is 3. The summed E-state index contributed by atoms with van der Waals surface area (Å²) in [4.78, 5) is 2.22. The van der Waals surface area contributed by atoms with Gasteiger partial charge in [0.25, 0.3) is 0 Å². The molecule has 1 aliphatic heterocycles. The number of hydrogen-bond donors (Lipinski definition) is 2. The van der Waals surface area contributed by atoms with Crippen LogP contribution in [0.5, 0.6) is 0 Å². The highest BCUT2D eigenvalue weighted by Crippen LogP contribution is 2.30. The SMILES string of the molecule is FC(F)(F)c1cccc(CN2CCC[C@@H](Nc3ccc4[nH]ncc4c3)C2)c1. The second kappa shape index (κ2) is 7.23. The molecule has 0 aliphatic carbocycles. The van der Waals surface area contributed by atoms with Gasteiger partial charge >= 0.3 is 6.18 Å². The van der Waals surface area contributed by atoms with Gasteiger partial charge in [-0.25, -0.2) is 0 Å². The Balaban J connectivity index is 1.40. The van der Waals surface area contributed by atoms with Crippen LogP contribution >= 0.6 is 0 Å². The molecule has 142 valence electrons. The third-order valence-electron chi connectivity index (χ3n) is 4.98. The highest BCUT2D eigenvalue weighted by atomic mass is 19.4. The van der Waals surface area contributed by atoms with Crippen LogP contribution in [-0.2, 0) is 12.7 Å². The molecule has 1 saturated heterocycles. The summed E-state index contributed by atoms with van der Waals surface area (Å²) in [5.41, 5.74) is 2.15. The molecule has 0 spiro atoms. The van der Waals surface area contributed by atoms with Crippen molar-refractivity contribution in [2.24, 2.45) is 0 Å². The smallest absolute Gasteiger partial charge is 0.381 e. The van der Waals surface area contributed by atoms with Crippen LogP contribution in [0.15, 0.2) is 48.7 Å². The predicted octanol–water partition coefficient (Wildman–Crippen LogP) is 4.66. The Bertz CT molecular complexity index is 919. The standard InChI is InChI=1S/C20H21F3N4/c21-20(22,23)16-4-1-3-14(9-16)12-27-8-2-5-18(13-27)25-17-6-7-19-15(10-17)11-24-26-19/h1,3-4,6-7,9-11,18,25H,2,5,8,12-13H2,(H,24,26)/t18-/m1/s1. The number of rotatable bonds is 4. The Morgan fingerprint density at radius 2 is 2.07 bits per heavy atom. The topological polar surface area (TPSA) is 44.0 Å². The molecule has 0 amide bonds. The number of anilines is 1. The van der Waals surface area contributed by atoms with E-state index in [1.54, 1.807) is 12.3 Å². The first-order chi connectivity index (χ1) is 13.0. The van der Waals surface area contributed by atoms with Crippen molar-refractivity contribution in [3.05, 3.63) is 59.8 Å². The number of alkyl halides is 3. The average Bonchev–Trinajstić information content (AvgIpc) is 3.09. The Hall–Kier alpha value is -2.54. The molecule has 1 aliphatic rings. The minimum absolute atomic E-state index is 0.272. The highest BCUT2D eigenvalue weighted by Gasteiger charge is 2.30. The van der Waals surface area contributed by atoms with Gasteiger partial charge in [-0.2, -0.15) is 18.3 Å². The van der Waals surface area contributed by atoms with Crippen molar-refractivity contribution in [2.75, 3.05) is 18.4 Å². The van der Waals surface area contributed by atoms with Crippen molar-refractivity contribution in [1.82, 2.24) is 15.1 Å². The molecule has 2 heterocycles. The monoisotopic (exact) mass is 374 g/mol. The summed E-state index contributed by atoms with van der Waals surface area (Å²) in [7, 11) is 0. The number of nitrogens with one attached hydrogen (secondary N) is 2. The van der Waals surface area contributed by atoms with Crippen LogP contribution in [0.2, 0.25) is 0 Å². The third kappa shape index (κ3) is 4.24. The van der Waals surface area contributed by atoms with Crippen LogP contribution in [-0.4, -0.2) is 34.2 Å². The lowest BCUT2D eigenvalue weighted by Crippen LogP contribution is -2.41. The van der Waals surface area contributed by atoms with E-state index in [4.69, 9.17) is 0 Å². The van der Waals surface area contributed by atoms with Gasteiger partial charge < -0.3 is 5.32 Å². The molecule has 0 saturated carbocycles. The second-order valence-corrected chi connectivity index (χ2v) is 7.09. The van der Waals surface area contributed by atoms with E-state index in [2.05, 4.69) is 26.5 Å². The number of nitrogens with zero attached hydrogens (tertiary/aromatic N) is 2. The lowest BCUT2D eigenvalue weighted by atomic mass is 10.0. The summed E-state index contributed by atoms with van der Waals surface area (Å²) >= 11 is 0. The first kappa shape index (κ1) is 17.9. The Kier molecular flexibility index (Phi) is 4.78. The van der Waals surface area contributed by atoms with Crippen molar-refractivity contribution in [3.8, 4) is 0 Å². The minimum atomic E-state index is -4.30. The maximum atomic E-state index is 12.9. The van der Waals surface area contributed by atoms with Crippen LogP contribution in [0.3, 0.4) is 0 Å². The number of likely N-dealkylation sites (tertiary alicyclic amines) is 1. The number of fused-ring (bicyclic) bond motifs is 1. The molecule has 3 aromatic rings. The summed E-state index contributed by atoms with van der Waals surface area (Å²) in [6.07, 6.45) is -0.442. The molecule has 0 unspecified atom stereocenters. The average molecular weight is 374 g/mol. The number of H-pyrrole nitrogens is 1. The van der Waals surface area contributed by atoms with Gasteiger partial charge in [0.15, 0.2) is 0 Å². The fraction of sp³-hybridized carbons (Fsp3) is 0.350. The Morgan fingerprint density at radius 1 is 1.19 bits per heavy atom. The third-order valence-corrected chi connectivity index (χ3v) is 4.98. The molecule has 7 heteroatoms. The van der Waals surface area contributed by atoms with Gasteiger partial charge in [-0.05, 0) is 49.2 Å². The van der Waals surface area contributed by atoms with Crippen molar-refractivity contribution in [1.29, 1.82) is 0 Å². The quantitative estimate of drug-likeness (QED) is 0.698. The number of piperidine rings is 1. The van der Waals surface area contributed by atoms with Crippen LogP contribution in [0.1, 0.15) is 24.0 Å². The van der Waals surface area contributed by atoms with Crippen LogP contribution in [0.25, 0.3) is 10.9 Å². The second-order valence-electron chi connectivity index (χ2n) is 7.09. The number of aromatic amines is 1. The van der Waals surface area contributed by atoms with E-state index in [1.165, 1.54) is 12.1 Å². The van der Waals surface area contributed by atoms with Gasteiger partial charge in [0.2, 0.25) is 0 Å². The highest BCUT2D eigenvalue weighted by molar-refractivity contribution is 5.81. The fourth-order valence-electron chi connectivity index (χ4n) is 3.69. The van der Waals surface area contributed by atoms with E-state index in [0.29, 0.717) is 12.1 Å². The molecule has 0 radical (unpaired) electrons. The molecule has 1 aromatic heterocycles. The van der Waals surface area contributed by atoms with Gasteiger partial charge in [0.1, 0.15) is 0 Å². The first-order valence-electron chi connectivity index (χ1n) is 9.05. The number of aromatic nitrogens is 2. The van der Waals surface area contributed by atoms with Crippen molar-refractivity contribution in [3.63, 3.8) is 0 Å².